The number of fused-ring (bicyclic) bond motifs is 1. The van der Waals surface area contributed by atoms with E-state index in [1.54, 1.807) is 0 Å². The number of nitrogens with zero attached hydrogens (tertiary/aromatic N) is 1. The molecule has 5 heteroatoms. The third kappa shape index (κ3) is 4.06. The summed E-state index contributed by atoms with van der Waals surface area (Å²) < 4.78 is 0. The van der Waals surface area contributed by atoms with Gasteiger partial charge in [-0.15, -0.1) is 0 Å². The lowest BCUT2D eigenvalue weighted by molar-refractivity contribution is -0.136. The quantitative estimate of drug-likeness (QED) is 0.544. The number of nitrogens with one attached hydrogen (secondary N) is 2. The van der Waals surface area contributed by atoms with E-state index >= 15 is 0 Å². The Morgan fingerprint density at radius 1 is 1.15 bits per heavy atom. The minimum atomic E-state index is -0.781. The molecule has 0 saturated heterocycles. The summed E-state index contributed by atoms with van der Waals surface area (Å²) in [7, 11) is 4.05. The third-order valence-electron chi connectivity index (χ3n) is 4.67. The number of rotatable bonds is 8. The number of hydrogen-bond acceptors (Lipinski definition) is 3. The second kappa shape index (κ2) is 8.06. The average Bonchev–Trinajstić information content (AvgIpc) is 3.05. The zero-order chi connectivity index (χ0) is 18.5. The van der Waals surface area contributed by atoms with Crippen LogP contribution in [0.1, 0.15) is 23.5 Å². The molecular formula is C21H25N3O2. The smallest absolute Gasteiger partial charge is 0.304 e. The Hall–Kier alpha value is -2.79. The summed E-state index contributed by atoms with van der Waals surface area (Å²) in [5.74, 6) is -0.632. The number of carboxylic acids is 1. The van der Waals surface area contributed by atoms with Crippen molar-refractivity contribution in [3.63, 3.8) is 0 Å². The van der Waals surface area contributed by atoms with E-state index in [2.05, 4.69) is 57.8 Å². The van der Waals surface area contributed by atoms with E-state index in [4.69, 9.17) is 5.11 Å². The highest BCUT2D eigenvalue weighted by Crippen LogP contribution is 2.31. The van der Waals surface area contributed by atoms with Gasteiger partial charge in [-0.25, -0.2) is 0 Å². The van der Waals surface area contributed by atoms with Gasteiger partial charge in [-0.1, -0.05) is 30.3 Å². The minimum absolute atomic E-state index is 0.125. The Labute approximate surface area is 153 Å². The van der Waals surface area contributed by atoms with Gasteiger partial charge in [0.05, 0.1) is 6.42 Å². The van der Waals surface area contributed by atoms with Gasteiger partial charge < -0.3 is 20.3 Å². The maximum Gasteiger partial charge on any atom is 0.304 e. The standard InChI is InChI=1S/C21H25N3O2/c1-24(2)16-9-7-15(8-10-16)18(13-22-12-11-21(25)26)19-14-23-20-6-4-3-5-17(19)20/h3-10,14,18,22-23H,11-13H2,1-2H3,(H,25,26). The van der Waals surface area contributed by atoms with Crippen molar-refractivity contribution < 1.29 is 9.90 Å². The van der Waals surface area contributed by atoms with Crippen molar-refractivity contribution in [1.29, 1.82) is 0 Å². The van der Waals surface area contributed by atoms with Gasteiger partial charge in [0.25, 0.3) is 0 Å². The fourth-order valence-electron chi connectivity index (χ4n) is 3.24. The zero-order valence-corrected chi connectivity index (χ0v) is 15.2. The number of H-pyrrole nitrogens is 1. The molecular weight excluding hydrogens is 326 g/mol. The van der Waals surface area contributed by atoms with Crippen molar-refractivity contribution in [2.75, 3.05) is 32.1 Å². The van der Waals surface area contributed by atoms with Crippen molar-refractivity contribution in [2.45, 2.75) is 12.3 Å². The Morgan fingerprint density at radius 2 is 1.88 bits per heavy atom. The van der Waals surface area contributed by atoms with Crippen LogP contribution in [0.2, 0.25) is 0 Å². The van der Waals surface area contributed by atoms with Crippen LogP contribution in [0.4, 0.5) is 5.69 Å². The Morgan fingerprint density at radius 3 is 2.58 bits per heavy atom. The van der Waals surface area contributed by atoms with Crippen LogP contribution in [-0.4, -0.2) is 43.2 Å². The van der Waals surface area contributed by atoms with Gasteiger partial charge in [0.1, 0.15) is 0 Å². The van der Waals surface area contributed by atoms with E-state index in [0.29, 0.717) is 13.1 Å². The van der Waals surface area contributed by atoms with Gasteiger partial charge in [-0.05, 0) is 29.3 Å². The SMILES string of the molecule is CN(C)c1ccc(C(CNCCC(=O)O)c2c[nH]c3ccccc23)cc1. The van der Waals surface area contributed by atoms with Gasteiger partial charge in [0.15, 0.2) is 0 Å². The van der Waals surface area contributed by atoms with E-state index in [1.165, 1.54) is 16.5 Å². The zero-order valence-electron chi connectivity index (χ0n) is 15.2. The second-order valence-corrected chi connectivity index (χ2v) is 6.68. The third-order valence-corrected chi connectivity index (χ3v) is 4.67. The molecule has 0 aliphatic carbocycles. The molecule has 1 atom stereocenters. The number of hydrogen-bond donors (Lipinski definition) is 3. The number of aromatic amines is 1. The molecule has 0 spiro atoms. The van der Waals surface area contributed by atoms with Crippen LogP contribution in [0, 0.1) is 0 Å². The molecule has 3 aromatic rings. The van der Waals surface area contributed by atoms with Crippen LogP contribution in [0.5, 0.6) is 0 Å². The number of aromatic nitrogens is 1. The number of carbonyl (C=O) groups is 1. The first-order valence-electron chi connectivity index (χ1n) is 8.82. The summed E-state index contributed by atoms with van der Waals surface area (Å²) >= 11 is 0. The largest absolute Gasteiger partial charge is 0.481 e. The predicted molar refractivity (Wildman–Crippen MR) is 106 cm³/mol. The Balaban J connectivity index is 1.89. The summed E-state index contributed by atoms with van der Waals surface area (Å²) in [6.45, 7) is 1.15. The molecule has 1 unspecified atom stereocenters. The summed E-state index contributed by atoms with van der Waals surface area (Å²) in [5, 5.41) is 13.4. The minimum Gasteiger partial charge on any atom is -0.481 e. The van der Waals surface area contributed by atoms with Gasteiger partial charge in [-0.2, -0.15) is 0 Å². The maximum atomic E-state index is 10.8. The number of anilines is 1. The van der Waals surface area contributed by atoms with Gasteiger partial charge >= 0.3 is 5.97 Å². The molecule has 0 fully saturated rings. The lowest BCUT2D eigenvalue weighted by atomic mass is 9.90. The van der Waals surface area contributed by atoms with E-state index in [-0.39, 0.29) is 12.3 Å². The summed E-state index contributed by atoms with van der Waals surface area (Å²) in [6, 6.07) is 16.8. The van der Waals surface area contributed by atoms with Gasteiger partial charge in [0.2, 0.25) is 0 Å². The van der Waals surface area contributed by atoms with Crippen LogP contribution in [0.3, 0.4) is 0 Å². The molecule has 5 nitrogen and oxygen atoms in total. The highest BCUT2D eigenvalue weighted by atomic mass is 16.4. The summed E-state index contributed by atoms with van der Waals surface area (Å²) in [4.78, 5) is 16.2. The molecule has 136 valence electrons. The molecule has 3 rings (SSSR count). The first-order chi connectivity index (χ1) is 12.6. The predicted octanol–water partition coefficient (Wildman–Crippen LogP) is 3.43. The van der Waals surface area contributed by atoms with Crippen molar-refractivity contribution in [3.05, 3.63) is 65.9 Å². The monoisotopic (exact) mass is 351 g/mol. The fourth-order valence-corrected chi connectivity index (χ4v) is 3.24. The molecule has 3 N–H and O–H groups in total. The molecule has 0 saturated carbocycles. The van der Waals surface area contributed by atoms with Crippen molar-refractivity contribution in [1.82, 2.24) is 10.3 Å². The molecule has 1 aromatic heterocycles. The molecule has 1 heterocycles. The van der Waals surface area contributed by atoms with Crippen LogP contribution in [0.15, 0.2) is 54.7 Å². The number of benzene rings is 2. The second-order valence-electron chi connectivity index (χ2n) is 6.68. The molecule has 26 heavy (non-hydrogen) atoms. The number of carboxylic acid groups (broad SMARTS) is 1. The van der Waals surface area contributed by atoms with Crippen LogP contribution in [-0.2, 0) is 4.79 Å². The summed E-state index contributed by atoms with van der Waals surface area (Å²) in [5.41, 5.74) is 4.71. The number of aliphatic carboxylic acids is 1. The maximum absolute atomic E-state index is 10.8. The van der Waals surface area contributed by atoms with Crippen molar-refractivity contribution in [3.8, 4) is 0 Å². The molecule has 0 radical (unpaired) electrons. The lowest BCUT2D eigenvalue weighted by Crippen LogP contribution is -2.25. The van der Waals surface area contributed by atoms with Crippen LogP contribution in [0.25, 0.3) is 10.9 Å². The lowest BCUT2D eigenvalue weighted by Gasteiger charge is -2.20. The average molecular weight is 351 g/mol. The topological polar surface area (TPSA) is 68.4 Å². The highest BCUT2D eigenvalue weighted by Gasteiger charge is 2.18. The number of para-hydroxylation sites is 1. The van der Waals surface area contributed by atoms with E-state index < -0.39 is 5.97 Å². The fraction of sp³-hybridized carbons (Fsp3) is 0.286. The summed E-state index contributed by atoms with van der Waals surface area (Å²) in [6.07, 6.45) is 2.19. The molecule has 0 amide bonds. The normalized spacial score (nSPS) is 12.2. The Bertz CT molecular complexity index is 868. The van der Waals surface area contributed by atoms with Crippen molar-refractivity contribution in [2.24, 2.45) is 0 Å². The van der Waals surface area contributed by atoms with Gasteiger partial charge in [0, 0.05) is 55.9 Å². The first kappa shape index (κ1) is 18.0. The first-order valence-corrected chi connectivity index (χ1v) is 8.82. The molecule has 0 aliphatic rings. The van der Waals surface area contributed by atoms with E-state index in [1.807, 2.05) is 26.2 Å². The van der Waals surface area contributed by atoms with E-state index in [0.717, 1.165) is 11.2 Å². The molecule has 0 bridgehead atoms. The molecule has 0 aliphatic heterocycles. The molecule has 2 aromatic carbocycles. The van der Waals surface area contributed by atoms with Gasteiger partial charge in [-0.3, -0.25) is 4.79 Å². The van der Waals surface area contributed by atoms with Crippen LogP contribution >= 0.6 is 0 Å². The van der Waals surface area contributed by atoms with Crippen molar-refractivity contribution >= 4 is 22.6 Å². The van der Waals surface area contributed by atoms with E-state index in [9.17, 15) is 4.79 Å². The van der Waals surface area contributed by atoms with Crippen LogP contribution < -0.4 is 10.2 Å². The highest BCUT2D eigenvalue weighted by molar-refractivity contribution is 5.84. The Kier molecular flexibility index (Phi) is 5.58.